The number of aldehydes is 1. The van der Waals surface area contributed by atoms with E-state index in [2.05, 4.69) is 0 Å². The molecule has 6 rings (SSSR count). The SMILES string of the molecule is O=CC1=CC2=C(c3ccccc3)C(=O)N(c3ccccc3)[C@]2(c2ccc(Cl)cc2)[C@@H]1c1ccc(Cl)cc1. The monoisotopic (exact) mass is 521 g/mol. The molecule has 3 nitrogen and oxygen atoms in total. The molecule has 0 saturated carbocycles. The van der Waals surface area contributed by atoms with E-state index in [-0.39, 0.29) is 5.91 Å². The van der Waals surface area contributed by atoms with Crippen LogP contribution in [0.5, 0.6) is 0 Å². The van der Waals surface area contributed by atoms with Crippen LogP contribution in [0.3, 0.4) is 0 Å². The number of halogens is 2. The Morgan fingerprint density at radius 2 is 1.30 bits per heavy atom. The summed E-state index contributed by atoms with van der Waals surface area (Å²) in [4.78, 5) is 29.0. The van der Waals surface area contributed by atoms with Gasteiger partial charge in [0.2, 0.25) is 0 Å². The molecule has 1 aliphatic heterocycles. The fraction of sp³-hybridized carbons (Fsp3) is 0.0625. The zero-order valence-corrected chi connectivity index (χ0v) is 21.2. The molecule has 5 heteroatoms. The number of anilines is 1. The Labute approximate surface area is 225 Å². The highest BCUT2D eigenvalue weighted by Gasteiger charge is 2.61. The largest absolute Gasteiger partial charge is 0.298 e. The lowest BCUT2D eigenvalue weighted by atomic mass is 9.71. The zero-order chi connectivity index (χ0) is 25.6. The number of fused-ring (bicyclic) bond motifs is 1. The zero-order valence-electron chi connectivity index (χ0n) is 19.6. The van der Waals surface area contributed by atoms with Crippen molar-refractivity contribution in [2.24, 2.45) is 0 Å². The van der Waals surface area contributed by atoms with Crippen molar-refractivity contribution >= 4 is 46.7 Å². The number of amides is 1. The number of rotatable bonds is 5. The topological polar surface area (TPSA) is 37.4 Å². The van der Waals surface area contributed by atoms with Gasteiger partial charge in [0, 0.05) is 27.2 Å². The van der Waals surface area contributed by atoms with Crippen LogP contribution in [0.25, 0.3) is 5.57 Å². The van der Waals surface area contributed by atoms with Crippen molar-refractivity contribution in [1.82, 2.24) is 0 Å². The van der Waals surface area contributed by atoms with E-state index in [0.29, 0.717) is 21.2 Å². The Balaban J connectivity index is 1.75. The van der Waals surface area contributed by atoms with Gasteiger partial charge in [0.25, 0.3) is 5.91 Å². The predicted molar refractivity (Wildman–Crippen MR) is 149 cm³/mol. The van der Waals surface area contributed by atoms with E-state index in [4.69, 9.17) is 23.2 Å². The van der Waals surface area contributed by atoms with Crippen LogP contribution in [0, 0.1) is 0 Å². The lowest BCUT2D eigenvalue weighted by molar-refractivity contribution is -0.114. The molecular formula is C32H21Cl2NO2. The number of para-hydroxylation sites is 1. The van der Waals surface area contributed by atoms with Crippen molar-refractivity contribution in [3.63, 3.8) is 0 Å². The molecule has 37 heavy (non-hydrogen) atoms. The average molecular weight is 522 g/mol. The molecule has 2 aliphatic rings. The van der Waals surface area contributed by atoms with Crippen LogP contribution in [0.1, 0.15) is 22.6 Å². The van der Waals surface area contributed by atoms with Crippen LogP contribution in [-0.4, -0.2) is 12.2 Å². The molecule has 0 spiro atoms. The quantitative estimate of drug-likeness (QED) is 0.253. The molecule has 0 saturated heterocycles. The lowest BCUT2D eigenvalue weighted by Gasteiger charge is -2.44. The molecule has 1 amide bonds. The molecule has 0 aromatic heterocycles. The van der Waals surface area contributed by atoms with Gasteiger partial charge in [-0.2, -0.15) is 0 Å². The van der Waals surface area contributed by atoms with Gasteiger partial charge in [0.05, 0.1) is 5.57 Å². The minimum Gasteiger partial charge on any atom is -0.298 e. The minimum atomic E-state index is -1.02. The fourth-order valence-corrected chi connectivity index (χ4v) is 6.04. The standard InChI is InChI=1S/C32H21Cl2NO2/c33-25-15-11-22(12-16-25)30-23(20-36)19-28-29(21-7-3-1-4-8-21)31(37)35(27-9-5-2-6-10-27)32(28,30)24-13-17-26(34)18-14-24/h1-20,30H/t30-,32+/m1/s1. The van der Waals surface area contributed by atoms with E-state index in [0.717, 1.165) is 34.2 Å². The van der Waals surface area contributed by atoms with Gasteiger partial charge in [-0.15, -0.1) is 0 Å². The van der Waals surface area contributed by atoms with Crippen LogP contribution in [0.4, 0.5) is 5.69 Å². The summed E-state index contributed by atoms with van der Waals surface area (Å²) >= 11 is 12.6. The van der Waals surface area contributed by atoms with Crippen LogP contribution in [0.2, 0.25) is 10.0 Å². The third-order valence-electron chi connectivity index (χ3n) is 7.21. The first-order valence-electron chi connectivity index (χ1n) is 11.9. The number of carbonyl (C=O) groups excluding carboxylic acids is 2. The number of nitrogens with zero attached hydrogens (tertiary/aromatic N) is 1. The smallest absolute Gasteiger partial charge is 0.260 e. The summed E-state index contributed by atoms with van der Waals surface area (Å²) in [6.45, 7) is 0. The van der Waals surface area contributed by atoms with Gasteiger partial charge in [-0.1, -0.05) is 96.0 Å². The number of carbonyl (C=O) groups is 2. The highest BCUT2D eigenvalue weighted by molar-refractivity contribution is 6.33. The van der Waals surface area contributed by atoms with Gasteiger partial charge in [0.15, 0.2) is 0 Å². The van der Waals surface area contributed by atoms with Gasteiger partial charge in [-0.25, -0.2) is 0 Å². The maximum atomic E-state index is 14.5. The minimum absolute atomic E-state index is 0.123. The number of benzene rings is 4. The molecule has 0 bridgehead atoms. The third kappa shape index (κ3) is 3.58. The van der Waals surface area contributed by atoms with Crippen molar-refractivity contribution < 1.29 is 9.59 Å². The van der Waals surface area contributed by atoms with Crippen LogP contribution >= 0.6 is 23.2 Å². The van der Waals surface area contributed by atoms with Crippen molar-refractivity contribution in [1.29, 1.82) is 0 Å². The molecule has 0 fully saturated rings. The summed E-state index contributed by atoms with van der Waals surface area (Å²) in [5.41, 5.74) is 4.24. The molecule has 0 unspecified atom stereocenters. The van der Waals surface area contributed by atoms with E-state index < -0.39 is 11.5 Å². The van der Waals surface area contributed by atoms with E-state index >= 15 is 0 Å². The van der Waals surface area contributed by atoms with E-state index in [1.54, 1.807) is 0 Å². The highest BCUT2D eigenvalue weighted by Crippen LogP contribution is 2.62. The van der Waals surface area contributed by atoms with Crippen molar-refractivity contribution in [3.8, 4) is 0 Å². The maximum absolute atomic E-state index is 14.5. The number of hydrogen-bond acceptors (Lipinski definition) is 2. The molecule has 4 aromatic rings. The molecule has 0 N–H and O–H groups in total. The molecule has 2 atom stereocenters. The Morgan fingerprint density at radius 3 is 1.89 bits per heavy atom. The Morgan fingerprint density at radius 1 is 0.730 bits per heavy atom. The highest BCUT2D eigenvalue weighted by atomic mass is 35.5. The molecule has 1 heterocycles. The molecular weight excluding hydrogens is 501 g/mol. The van der Waals surface area contributed by atoms with Gasteiger partial charge in [-0.3, -0.25) is 14.5 Å². The second-order valence-corrected chi connectivity index (χ2v) is 10.0. The van der Waals surface area contributed by atoms with E-state index in [9.17, 15) is 9.59 Å². The summed E-state index contributed by atoms with van der Waals surface area (Å²) < 4.78 is 0. The van der Waals surface area contributed by atoms with Gasteiger partial charge in [0.1, 0.15) is 11.8 Å². The maximum Gasteiger partial charge on any atom is 0.260 e. The van der Waals surface area contributed by atoms with Crippen molar-refractivity contribution in [2.45, 2.75) is 11.5 Å². The Kier molecular flexibility index (Phi) is 5.83. The van der Waals surface area contributed by atoms with E-state index in [1.165, 1.54) is 0 Å². The first-order chi connectivity index (χ1) is 18.1. The second kappa shape index (κ2) is 9.19. The first kappa shape index (κ1) is 23.5. The summed E-state index contributed by atoms with van der Waals surface area (Å²) in [6, 6.07) is 34.3. The van der Waals surface area contributed by atoms with Gasteiger partial charge < -0.3 is 0 Å². The van der Waals surface area contributed by atoms with Crippen LogP contribution in [-0.2, 0) is 15.1 Å². The average Bonchev–Trinajstić information content (AvgIpc) is 3.38. The molecule has 1 aliphatic carbocycles. The first-order valence-corrected chi connectivity index (χ1v) is 12.7. The normalized spacial score (nSPS) is 20.7. The van der Waals surface area contributed by atoms with Gasteiger partial charge >= 0.3 is 0 Å². The molecule has 4 aromatic carbocycles. The Hall–Kier alpha value is -3.92. The van der Waals surface area contributed by atoms with Crippen molar-refractivity contribution in [2.75, 3.05) is 4.90 Å². The van der Waals surface area contributed by atoms with Gasteiger partial charge in [-0.05, 0) is 64.7 Å². The molecule has 0 radical (unpaired) electrons. The second-order valence-electron chi connectivity index (χ2n) is 9.15. The summed E-state index contributed by atoms with van der Waals surface area (Å²) in [5.74, 6) is -0.591. The van der Waals surface area contributed by atoms with E-state index in [1.807, 2.05) is 120 Å². The molecule has 180 valence electrons. The lowest BCUT2D eigenvalue weighted by Crippen LogP contribution is -2.49. The van der Waals surface area contributed by atoms with Crippen LogP contribution in [0.15, 0.2) is 126 Å². The Bertz CT molecular complexity index is 1560. The fourth-order valence-electron chi connectivity index (χ4n) is 5.78. The van der Waals surface area contributed by atoms with Crippen LogP contribution < -0.4 is 4.90 Å². The third-order valence-corrected chi connectivity index (χ3v) is 7.72. The summed E-state index contributed by atoms with van der Waals surface area (Å²) in [6.07, 6.45) is 2.79. The summed E-state index contributed by atoms with van der Waals surface area (Å²) in [5, 5.41) is 1.19. The predicted octanol–water partition coefficient (Wildman–Crippen LogP) is 7.61. The summed E-state index contributed by atoms with van der Waals surface area (Å²) in [7, 11) is 0. The number of hydrogen-bond donors (Lipinski definition) is 0. The van der Waals surface area contributed by atoms with Crippen molar-refractivity contribution in [3.05, 3.63) is 153 Å².